The van der Waals surface area contributed by atoms with Crippen molar-refractivity contribution in [3.63, 3.8) is 0 Å². The summed E-state index contributed by atoms with van der Waals surface area (Å²) in [6.07, 6.45) is 1.12. The van der Waals surface area contributed by atoms with Gasteiger partial charge in [0.15, 0.2) is 0 Å². The third-order valence-corrected chi connectivity index (χ3v) is 5.02. The first-order valence-corrected chi connectivity index (χ1v) is 8.34. The van der Waals surface area contributed by atoms with Crippen molar-refractivity contribution in [2.45, 2.75) is 25.9 Å². The molecule has 0 aromatic carbocycles. The van der Waals surface area contributed by atoms with Crippen LogP contribution in [0.4, 0.5) is 5.69 Å². The van der Waals surface area contributed by atoms with Gasteiger partial charge in [-0.15, -0.1) is 0 Å². The Hall–Kier alpha value is -2.19. The van der Waals surface area contributed by atoms with Gasteiger partial charge in [0, 0.05) is 25.9 Å². The molecule has 2 aromatic rings. The lowest BCUT2D eigenvalue weighted by molar-refractivity contribution is 0.102. The van der Waals surface area contributed by atoms with Gasteiger partial charge in [-0.1, -0.05) is 0 Å². The maximum Gasteiger partial charge on any atom is 0.275 e. The Morgan fingerprint density at radius 2 is 1.87 bits per heavy atom. The molecule has 0 bridgehead atoms. The van der Waals surface area contributed by atoms with E-state index in [9.17, 15) is 13.2 Å². The monoisotopic (exact) mass is 337 g/mol. The predicted octanol–water partition coefficient (Wildman–Crippen LogP) is 2.10. The highest BCUT2D eigenvalue weighted by Gasteiger charge is 2.23. The molecule has 0 unspecified atom stereocenters. The molecule has 23 heavy (non-hydrogen) atoms. The Morgan fingerprint density at radius 3 is 2.43 bits per heavy atom. The maximum absolute atomic E-state index is 12.3. The Morgan fingerprint density at radius 1 is 1.22 bits per heavy atom. The summed E-state index contributed by atoms with van der Waals surface area (Å²) >= 11 is 0. The van der Waals surface area contributed by atoms with E-state index in [1.54, 1.807) is 6.92 Å². The summed E-state index contributed by atoms with van der Waals surface area (Å²) in [6, 6.07) is 3.07. The van der Waals surface area contributed by atoms with Crippen LogP contribution in [0.1, 0.15) is 27.3 Å². The fourth-order valence-electron chi connectivity index (χ4n) is 2.15. The van der Waals surface area contributed by atoms with E-state index < -0.39 is 15.9 Å². The second-order valence-corrected chi connectivity index (χ2v) is 7.52. The number of aryl methyl sites for hydroxylation is 3. The number of nitrogens with zero attached hydrogens (tertiary/aromatic N) is 2. The predicted molar refractivity (Wildman–Crippen MR) is 86.0 cm³/mol. The molecule has 0 spiro atoms. The number of hydrogen-bond donors (Lipinski definition) is 1. The number of aromatic nitrogens is 1. The average molecular weight is 337 g/mol. The molecule has 0 fully saturated rings. The number of carbonyl (C=O) groups excluding carboxylic acids is 1. The van der Waals surface area contributed by atoms with Gasteiger partial charge < -0.3 is 9.73 Å². The van der Waals surface area contributed by atoms with Crippen LogP contribution in [0, 0.1) is 20.8 Å². The molecule has 0 atom stereocenters. The van der Waals surface area contributed by atoms with Gasteiger partial charge >= 0.3 is 0 Å². The topological polar surface area (TPSA) is 92.5 Å². The Kier molecular flexibility index (Phi) is 4.58. The van der Waals surface area contributed by atoms with E-state index in [2.05, 4.69) is 10.3 Å². The SMILES string of the molecule is Cc1cc(C)c(NC(=O)c2coc(S(=O)(=O)N(C)C)c2)c(C)n1. The van der Waals surface area contributed by atoms with Gasteiger partial charge in [0.1, 0.15) is 6.26 Å². The van der Waals surface area contributed by atoms with E-state index in [0.717, 1.165) is 21.8 Å². The summed E-state index contributed by atoms with van der Waals surface area (Å²) in [4.78, 5) is 16.6. The molecule has 0 saturated heterocycles. The lowest BCUT2D eigenvalue weighted by atomic mass is 10.1. The highest BCUT2D eigenvalue weighted by atomic mass is 32.2. The lowest BCUT2D eigenvalue weighted by Gasteiger charge is -2.11. The van der Waals surface area contributed by atoms with Crippen molar-refractivity contribution in [3.05, 3.63) is 40.9 Å². The Bertz CT molecular complexity index is 830. The van der Waals surface area contributed by atoms with E-state index in [-0.39, 0.29) is 10.7 Å². The van der Waals surface area contributed by atoms with Gasteiger partial charge in [-0.25, -0.2) is 12.7 Å². The third kappa shape index (κ3) is 3.43. The zero-order chi connectivity index (χ0) is 17.4. The van der Waals surface area contributed by atoms with Crippen LogP contribution in [0.15, 0.2) is 27.9 Å². The van der Waals surface area contributed by atoms with Crippen LogP contribution in [-0.2, 0) is 10.0 Å². The molecule has 0 radical (unpaired) electrons. The normalized spacial score (nSPS) is 11.7. The van der Waals surface area contributed by atoms with Gasteiger partial charge in [0.05, 0.1) is 16.9 Å². The number of pyridine rings is 1. The van der Waals surface area contributed by atoms with E-state index in [1.165, 1.54) is 20.2 Å². The van der Waals surface area contributed by atoms with Crippen molar-refractivity contribution < 1.29 is 17.6 Å². The molecule has 7 nitrogen and oxygen atoms in total. The van der Waals surface area contributed by atoms with E-state index in [4.69, 9.17) is 4.42 Å². The summed E-state index contributed by atoms with van der Waals surface area (Å²) < 4.78 is 30.0. The van der Waals surface area contributed by atoms with Crippen LogP contribution in [-0.4, -0.2) is 37.7 Å². The summed E-state index contributed by atoms with van der Waals surface area (Å²) in [6.45, 7) is 5.54. The molecule has 0 aliphatic carbocycles. The standard InChI is InChI=1S/C15H19N3O4S/c1-9-6-10(2)16-11(3)14(9)17-15(19)12-7-13(22-8-12)23(20,21)18(4)5/h6-8H,1-5H3,(H,17,19). The van der Waals surface area contributed by atoms with Crippen LogP contribution in [0.5, 0.6) is 0 Å². The fraction of sp³-hybridized carbons (Fsp3) is 0.333. The van der Waals surface area contributed by atoms with Crippen molar-refractivity contribution >= 4 is 21.6 Å². The second kappa shape index (κ2) is 6.13. The van der Waals surface area contributed by atoms with Crippen molar-refractivity contribution in [1.29, 1.82) is 0 Å². The van der Waals surface area contributed by atoms with Gasteiger partial charge in [-0.2, -0.15) is 0 Å². The average Bonchev–Trinajstić information content (AvgIpc) is 2.92. The molecule has 2 aromatic heterocycles. The summed E-state index contributed by atoms with van der Waals surface area (Å²) in [7, 11) is -0.928. The molecule has 124 valence electrons. The number of furan rings is 1. The van der Waals surface area contributed by atoms with Gasteiger partial charge in [0.2, 0.25) is 5.09 Å². The minimum Gasteiger partial charge on any atom is -0.451 e. The van der Waals surface area contributed by atoms with Crippen molar-refractivity contribution in [2.24, 2.45) is 0 Å². The summed E-state index contributed by atoms with van der Waals surface area (Å²) in [5.74, 6) is -0.453. The van der Waals surface area contributed by atoms with Crippen LogP contribution < -0.4 is 5.32 Å². The van der Waals surface area contributed by atoms with E-state index in [1.807, 2.05) is 19.9 Å². The van der Waals surface area contributed by atoms with Crippen LogP contribution in [0.2, 0.25) is 0 Å². The van der Waals surface area contributed by atoms with Crippen LogP contribution in [0.3, 0.4) is 0 Å². The first-order valence-electron chi connectivity index (χ1n) is 6.90. The number of sulfonamides is 1. The zero-order valence-electron chi connectivity index (χ0n) is 13.7. The van der Waals surface area contributed by atoms with Gasteiger partial charge in [-0.3, -0.25) is 9.78 Å². The number of nitrogens with one attached hydrogen (secondary N) is 1. The first-order chi connectivity index (χ1) is 10.6. The molecule has 8 heteroatoms. The van der Waals surface area contributed by atoms with Crippen LogP contribution in [0.25, 0.3) is 0 Å². The number of rotatable bonds is 4. The molecule has 1 amide bonds. The van der Waals surface area contributed by atoms with E-state index in [0.29, 0.717) is 11.4 Å². The quantitative estimate of drug-likeness (QED) is 0.922. The summed E-state index contributed by atoms with van der Waals surface area (Å²) in [5.41, 5.74) is 3.18. The van der Waals surface area contributed by atoms with Crippen LogP contribution >= 0.6 is 0 Å². The molecule has 2 heterocycles. The minimum absolute atomic E-state index is 0.129. The second-order valence-electron chi connectivity index (χ2n) is 5.44. The molecule has 0 aliphatic rings. The largest absolute Gasteiger partial charge is 0.451 e. The molecule has 1 N–H and O–H groups in total. The maximum atomic E-state index is 12.3. The number of anilines is 1. The van der Waals surface area contributed by atoms with Crippen molar-refractivity contribution in [2.75, 3.05) is 19.4 Å². The van der Waals surface area contributed by atoms with Gasteiger partial charge in [0.25, 0.3) is 15.9 Å². The molecule has 0 aliphatic heterocycles. The smallest absolute Gasteiger partial charge is 0.275 e. The fourth-order valence-corrected chi connectivity index (χ4v) is 2.95. The first kappa shape index (κ1) is 17.2. The van der Waals surface area contributed by atoms with Gasteiger partial charge in [-0.05, 0) is 32.4 Å². The summed E-state index contributed by atoms with van der Waals surface area (Å²) in [5, 5.41) is 2.47. The van der Waals surface area contributed by atoms with Crippen molar-refractivity contribution in [3.8, 4) is 0 Å². The zero-order valence-corrected chi connectivity index (χ0v) is 14.5. The minimum atomic E-state index is -3.71. The molecular formula is C15H19N3O4S. The lowest BCUT2D eigenvalue weighted by Crippen LogP contribution is -2.21. The Labute approximate surface area is 135 Å². The molecule has 0 saturated carbocycles. The Balaban J connectivity index is 2.29. The van der Waals surface area contributed by atoms with E-state index >= 15 is 0 Å². The number of hydrogen-bond acceptors (Lipinski definition) is 5. The highest BCUT2D eigenvalue weighted by Crippen LogP contribution is 2.22. The third-order valence-electron chi connectivity index (χ3n) is 3.34. The molecule has 2 rings (SSSR count). The number of amides is 1. The number of carbonyl (C=O) groups is 1. The van der Waals surface area contributed by atoms with Crippen molar-refractivity contribution in [1.82, 2.24) is 9.29 Å². The molecular weight excluding hydrogens is 318 g/mol. The highest BCUT2D eigenvalue weighted by molar-refractivity contribution is 7.88.